The molecule has 0 saturated heterocycles. The van der Waals surface area contributed by atoms with Crippen LogP contribution in [0.5, 0.6) is 17.2 Å². The number of nitrogens with zero attached hydrogens (tertiary/aromatic N) is 1. The zero-order valence-electron chi connectivity index (χ0n) is 20.1. The van der Waals surface area contributed by atoms with Crippen molar-refractivity contribution in [2.75, 3.05) is 13.2 Å². The van der Waals surface area contributed by atoms with Crippen LogP contribution in [-0.4, -0.2) is 31.3 Å². The van der Waals surface area contributed by atoms with Gasteiger partial charge in [0.25, 0.3) is 5.91 Å². The molecule has 182 valence electrons. The Kier molecular flexibility index (Phi) is 7.93. The Balaban J connectivity index is 1.59. The van der Waals surface area contributed by atoms with Gasteiger partial charge in [0, 0.05) is 5.56 Å². The molecule has 0 saturated carbocycles. The molecule has 0 radical (unpaired) electrons. The second kappa shape index (κ2) is 11.7. The largest absolute Gasteiger partial charge is 0.494 e. The Morgan fingerprint density at radius 2 is 1.53 bits per heavy atom. The monoisotopic (exact) mass is 482 g/mol. The number of hydrazone groups is 1. The number of nitrogens with one attached hydrogen (secondary N) is 1. The number of esters is 1. The van der Waals surface area contributed by atoms with Crippen LogP contribution in [0.2, 0.25) is 0 Å². The normalized spacial score (nSPS) is 10.8. The Morgan fingerprint density at radius 3 is 2.31 bits per heavy atom. The average Bonchev–Trinajstić information content (AvgIpc) is 2.90. The number of ether oxygens (including phenoxy) is 3. The Hall–Kier alpha value is -4.65. The summed E-state index contributed by atoms with van der Waals surface area (Å²) in [6.45, 7) is 4.72. The van der Waals surface area contributed by atoms with Crippen molar-refractivity contribution < 1.29 is 23.8 Å². The predicted octanol–water partition coefficient (Wildman–Crippen LogP) is 5.62. The van der Waals surface area contributed by atoms with E-state index < -0.39 is 11.9 Å². The minimum absolute atomic E-state index is 0.320. The van der Waals surface area contributed by atoms with Gasteiger partial charge in [-0.05, 0) is 67.1 Å². The summed E-state index contributed by atoms with van der Waals surface area (Å²) < 4.78 is 16.7. The number of carbonyl (C=O) groups is 2. The lowest BCUT2D eigenvalue weighted by atomic mass is 10.0. The standard InChI is InChI=1S/C29H26N2O5/c1-3-34-22-16-13-21(14-17-22)29(33)36-27-18-15-20-9-5-6-10-23(20)25(27)19-30-31-28(32)24-11-7-8-12-26(24)35-4-2/h5-19H,3-4H2,1-2H3,(H,31,32)/b30-19+. The van der Waals surface area contributed by atoms with Crippen molar-refractivity contribution in [2.24, 2.45) is 5.10 Å². The van der Waals surface area contributed by atoms with Gasteiger partial charge in [-0.25, -0.2) is 10.2 Å². The number of amides is 1. The molecule has 0 atom stereocenters. The van der Waals surface area contributed by atoms with Crippen molar-refractivity contribution in [1.82, 2.24) is 5.43 Å². The van der Waals surface area contributed by atoms with Crippen LogP contribution >= 0.6 is 0 Å². The van der Waals surface area contributed by atoms with Gasteiger partial charge in [-0.1, -0.05) is 42.5 Å². The smallest absolute Gasteiger partial charge is 0.343 e. The molecule has 0 aromatic heterocycles. The summed E-state index contributed by atoms with van der Waals surface area (Å²) in [5.74, 6) is 0.540. The zero-order chi connectivity index (χ0) is 25.3. The van der Waals surface area contributed by atoms with E-state index in [9.17, 15) is 9.59 Å². The van der Waals surface area contributed by atoms with E-state index in [-0.39, 0.29) is 0 Å². The van der Waals surface area contributed by atoms with Gasteiger partial charge >= 0.3 is 5.97 Å². The van der Waals surface area contributed by atoms with Crippen LogP contribution in [0.1, 0.15) is 40.1 Å². The van der Waals surface area contributed by atoms with E-state index in [4.69, 9.17) is 14.2 Å². The second-order valence-corrected chi connectivity index (χ2v) is 7.67. The number of para-hydroxylation sites is 1. The quantitative estimate of drug-likeness (QED) is 0.145. The van der Waals surface area contributed by atoms with Crippen LogP contribution < -0.4 is 19.6 Å². The summed E-state index contributed by atoms with van der Waals surface area (Å²) in [5, 5.41) is 5.91. The number of benzene rings is 4. The first-order chi connectivity index (χ1) is 17.6. The maximum absolute atomic E-state index is 12.8. The van der Waals surface area contributed by atoms with Crippen molar-refractivity contribution in [3.05, 3.63) is 102 Å². The molecule has 7 nitrogen and oxygen atoms in total. The van der Waals surface area contributed by atoms with E-state index >= 15 is 0 Å². The summed E-state index contributed by atoms with van der Waals surface area (Å²) in [6.07, 6.45) is 1.48. The lowest BCUT2D eigenvalue weighted by Crippen LogP contribution is -2.19. The first-order valence-corrected chi connectivity index (χ1v) is 11.6. The fourth-order valence-electron chi connectivity index (χ4n) is 3.66. The lowest BCUT2D eigenvalue weighted by molar-refractivity contribution is 0.0734. The lowest BCUT2D eigenvalue weighted by Gasteiger charge is -2.11. The first-order valence-electron chi connectivity index (χ1n) is 11.6. The molecule has 0 aliphatic heterocycles. The van der Waals surface area contributed by atoms with Crippen LogP contribution in [0.3, 0.4) is 0 Å². The number of rotatable bonds is 9. The Bertz CT molecular complexity index is 1400. The van der Waals surface area contributed by atoms with Gasteiger partial charge in [0.1, 0.15) is 17.2 Å². The van der Waals surface area contributed by atoms with E-state index in [1.807, 2.05) is 44.2 Å². The van der Waals surface area contributed by atoms with E-state index in [0.717, 1.165) is 10.8 Å². The molecule has 0 bridgehead atoms. The van der Waals surface area contributed by atoms with Crippen LogP contribution in [0.4, 0.5) is 0 Å². The molecule has 0 unspecified atom stereocenters. The summed E-state index contributed by atoms with van der Waals surface area (Å²) in [4.78, 5) is 25.6. The number of hydrogen-bond acceptors (Lipinski definition) is 6. The molecule has 7 heteroatoms. The van der Waals surface area contributed by atoms with Crippen LogP contribution in [-0.2, 0) is 0 Å². The summed E-state index contributed by atoms with van der Waals surface area (Å²) in [6, 6.07) is 24.9. The average molecular weight is 483 g/mol. The molecular formula is C29H26N2O5. The van der Waals surface area contributed by atoms with Gasteiger partial charge in [-0.2, -0.15) is 5.10 Å². The SMILES string of the molecule is CCOc1ccc(C(=O)Oc2ccc3ccccc3c2/C=N/NC(=O)c2ccccc2OCC)cc1. The minimum Gasteiger partial charge on any atom is -0.494 e. The highest BCUT2D eigenvalue weighted by Gasteiger charge is 2.15. The molecule has 1 amide bonds. The van der Waals surface area contributed by atoms with Gasteiger partial charge < -0.3 is 14.2 Å². The molecule has 0 fully saturated rings. The Morgan fingerprint density at radius 1 is 0.806 bits per heavy atom. The van der Waals surface area contributed by atoms with E-state index in [1.54, 1.807) is 54.6 Å². The van der Waals surface area contributed by atoms with Gasteiger partial charge in [0.15, 0.2) is 0 Å². The molecule has 0 aliphatic carbocycles. The summed E-state index contributed by atoms with van der Waals surface area (Å²) in [5.41, 5.74) is 3.85. The second-order valence-electron chi connectivity index (χ2n) is 7.67. The fraction of sp³-hybridized carbons (Fsp3) is 0.138. The maximum Gasteiger partial charge on any atom is 0.343 e. The predicted molar refractivity (Wildman–Crippen MR) is 139 cm³/mol. The molecule has 0 heterocycles. The van der Waals surface area contributed by atoms with Gasteiger partial charge in [0.05, 0.1) is 30.6 Å². The van der Waals surface area contributed by atoms with E-state index in [0.29, 0.717) is 47.2 Å². The van der Waals surface area contributed by atoms with Gasteiger partial charge in [-0.3, -0.25) is 4.79 Å². The fourth-order valence-corrected chi connectivity index (χ4v) is 3.66. The minimum atomic E-state index is -0.516. The molecule has 0 spiro atoms. The highest BCUT2D eigenvalue weighted by atomic mass is 16.5. The van der Waals surface area contributed by atoms with Gasteiger partial charge in [-0.15, -0.1) is 0 Å². The van der Waals surface area contributed by atoms with Gasteiger partial charge in [0.2, 0.25) is 0 Å². The highest BCUT2D eigenvalue weighted by molar-refractivity contribution is 6.04. The van der Waals surface area contributed by atoms with E-state index in [1.165, 1.54) is 6.21 Å². The summed E-state index contributed by atoms with van der Waals surface area (Å²) >= 11 is 0. The van der Waals surface area contributed by atoms with Crippen molar-refractivity contribution >= 4 is 28.9 Å². The van der Waals surface area contributed by atoms with Crippen molar-refractivity contribution in [1.29, 1.82) is 0 Å². The first kappa shape index (κ1) is 24.5. The molecular weight excluding hydrogens is 456 g/mol. The molecule has 36 heavy (non-hydrogen) atoms. The number of hydrogen-bond donors (Lipinski definition) is 1. The number of fused-ring (bicyclic) bond motifs is 1. The van der Waals surface area contributed by atoms with Crippen LogP contribution in [0.15, 0.2) is 90.0 Å². The third-order valence-electron chi connectivity index (χ3n) is 5.33. The Labute approximate surface area is 209 Å². The molecule has 0 aliphatic rings. The van der Waals surface area contributed by atoms with E-state index in [2.05, 4.69) is 10.5 Å². The van der Waals surface area contributed by atoms with Crippen LogP contribution in [0.25, 0.3) is 10.8 Å². The summed E-state index contributed by atoms with van der Waals surface area (Å²) in [7, 11) is 0. The molecule has 4 aromatic rings. The molecule has 1 N–H and O–H groups in total. The number of carbonyl (C=O) groups excluding carboxylic acids is 2. The third kappa shape index (κ3) is 5.70. The van der Waals surface area contributed by atoms with Crippen LogP contribution in [0, 0.1) is 0 Å². The van der Waals surface area contributed by atoms with Crippen molar-refractivity contribution in [2.45, 2.75) is 13.8 Å². The molecule has 4 rings (SSSR count). The van der Waals surface area contributed by atoms with Crippen molar-refractivity contribution in [3.8, 4) is 17.2 Å². The topological polar surface area (TPSA) is 86.2 Å². The van der Waals surface area contributed by atoms with Crippen molar-refractivity contribution in [3.63, 3.8) is 0 Å². The molecule has 4 aromatic carbocycles. The zero-order valence-corrected chi connectivity index (χ0v) is 20.1. The third-order valence-corrected chi connectivity index (χ3v) is 5.33. The maximum atomic E-state index is 12.8. The highest BCUT2D eigenvalue weighted by Crippen LogP contribution is 2.28.